The van der Waals surface area contributed by atoms with Gasteiger partial charge in [0.2, 0.25) is 5.91 Å². The summed E-state index contributed by atoms with van der Waals surface area (Å²) < 4.78 is 7.51. The second kappa shape index (κ2) is 10.0. The molecule has 1 aromatic carbocycles. The standard InChI is InChI=1S/C21H31N3O2/c1-5-17(3)24(21(25)14-22-6-2)16-19-10-8-12-23(19)15-18-9-7-11-20(13-18)26-4/h7-13,17,22H,5-6,14-16H2,1-4H3. The Kier molecular flexibility index (Phi) is 7.73. The van der Waals surface area contributed by atoms with Crippen LogP contribution in [0.25, 0.3) is 0 Å². The Morgan fingerprint density at radius 2 is 2.08 bits per heavy atom. The van der Waals surface area contributed by atoms with E-state index in [4.69, 9.17) is 4.74 Å². The molecular weight excluding hydrogens is 326 g/mol. The molecule has 0 aliphatic rings. The number of likely N-dealkylation sites (N-methyl/N-ethyl adjacent to an activating group) is 1. The van der Waals surface area contributed by atoms with Crippen LogP contribution >= 0.6 is 0 Å². The minimum absolute atomic E-state index is 0.148. The number of nitrogens with zero attached hydrogens (tertiary/aromatic N) is 2. The lowest BCUT2D eigenvalue weighted by Crippen LogP contribution is -2.43. The molecule has 1 N–H and O–H groups in total. The highest BCUT2D eigenvalue weighted by atomic mass is 16.5. The summed E-state index contributed by atoms with van der Waals surface area (Å²) >= 11 is 0. The highest BCUT2D eigenvalue weighted by Crippen LogP contribution is 2.17. The zero-order chi connectivity index (χ0) is 18.9. The molecule has 0 fully saturated rings. The van der Waals surface area contributed by atoms with Gasteiger partial charge in [0, 0.05) is 24.5 Å². The molecule has 0 saturated carbocycles. The Bertz CT molecular complexity index is 696. The number of hydrogen-bond donors (Lipinski definition) is 1. The summed E-state index contributed by atoms with van der Waals surface area (Å²) in [5, 5.41) is 3.14. The lowest BCUT2D eigenvalue weighted by atomic mass is 10.2. The average molecular weight is 357 g/mol. The lowest BCUT2D eigenvalue weighted by molar-refractivity contribution is -0.133. The van der Waals surface area contributed by atoms with Gasteiger partial charge in [0.25, 0.3) is 0 Å². The van der Waals surface area contributed by atoms with Crippen molar-refractivity contribution < 1.29 is 9.53 Å². The van der Waals surface area contributed by atoms with Gasteiger partial charge in [-0.15, -0.1) is 0 Å². The molecular formula is C21H31N3O2. The fraction of sp³-hybridized carbons (Fsp3) is 0.476. The predicted octanol–water partition coefficient (Wildman–Crippen LogP) is 3.28. The number of methoxy groups -OCH3 is 1. The molecule has 1 aromatic heterocycles. The summed E-state index contributed by atoms with van der Waals surface area (Å²) in [7, 11) is 1.68. The van der Waals surface area contributed by atoms with Crippen LogP contribution in [0.1, 0.15) is 38.4 Å². The summed E-state index contributed by atoms with van der Waals surface area (Å²) in [6.45, 7) is 8.81. The van der Waals surface area contributed by atoms with E-state index in [0.29, 0.717) is 13.1 Å². The van der Waals surface area contributed by atoms with Crippen molar-refractivity contribution >= 4 is 5.91 Å². The van der Waals surface area contributed by atoms with Gasteiger partial charge in [-0.1, -0.05) is 26.0 Å². The fourth-order valence-corrected chi connectivity index (χ4v) is 2.93. The molecule has 0 bridgehead atoms. The van der Waals surface area contributed by atoms with Gasteiger partial charge in [-0.05, 0) is 49.7 Å². The first-order valence-corrected chi connectivity index (χ1v) is 9.36. The first-order chi connectivity index (χ1) is 12.6. The summed E-state index contributed by atoms with van der Waals surface area (Å²) in [6, 6.07) is 12.4. The molecule has 5 nitrogen and oxygen atoms in total. The third kappa shape index (κ3) is 5.36. The number of amides is 1. The van der Waals surface area contributed by atoms with E-state index < -0.39 is 0 Å². The topological polar surface area (TPSA) is 46.5 Å². The number of carbonyl (C=O) groups is 1. The van der Waals surface area contributed by atoms with Crippen LogP contribution in [-0.2, 0) is 17.9 Å². The predicted molar refractivity (Wildman–Crippen MR) is 105 cm³/mol. The van der Waals surface area contributed by atoms with E-state index in [1.807, 2.05) is 36.1 Å². The van der Waals surface area contributed by atoms with Gasteiger partial charge in [-0.2, -0.15) is 0 Å². The molecule has 0 saturated heterocycles. The lowest BCUT2D eigenvalue weighted by Gasteiger charge is -2.29. The van der Waals surface area contributed by atoms with Crippen LogP contribution < -0.4 is 10.1 Å². The van der Waals surface area contributed by atoms with Crippen LogP contribution in [0.3, 0.4) is 0 Å². The van der Waals surface area contributed by atoms with E-state index in [1.165, 1.54) is 5.56 Å². The highest BCUT2D eigenvalue weighted by molar-refractivity contribution is 5.78. The number of ether oxygens (including phenoxy) is 1. The second-order valence-electron chi connectivity index (χ2n) is 6.54. The largest absolute Gasteiger partial charge is 0.497 e. The number of benzene rings is 1. The first-order valence-electron chi connectivity index (χ1n) is 9.36. The quantitative estimate of drug-likeness (QED) is 0.710. The molecule has 2 rings (SSSR count). The van der Waals surface area contributed by atoms with Crippen molar-refractivity contribution in [3.8, 4) is 5.75 Å². The maximum atomic E-state index is 12.6. The Morgan fingerprint density at radius 3 is 2.77 bits per heavy atom. The third-order valence-corrected chi connectivity index (χ3v) is 4.71. The van der Waals surface area contributed by atoms with Crippen LogP contribution in [0.2, 0.25) is 0 Å². The Labute approximate surface area is 157 Å². The van der Waals surface area contributed by atoms with Gasteiger partial charge in [0.05, 0.1) is 20.2 Å². The third-order valence-electron chi connectivity index (χ3n) is 4.71. The molecule has 0 aliphatic heterocycles. The van der Waals surface area contributed by atoms with E-state index in [9.17, 15) is 4.79 Å². The fourth-order valence-electron chi connectivity index (χ4n) is 2.93. The molecule has 0 aliphatic carbocycles. The van der Waals surface area contributed by atoms with Crippen molar-refractivity contribution in [3.63, 3.8) is 0 Å². The van der Waals surface area contributed by atoms with Crippen LogP contribution in [0.4, 0.5) is 0 Å². The molecule has 5 heteroatoms. The maximum Gasteiger partial charge on any atom is 0.237 e. The van der Waals surface area contributed by atoms with Crippen LogP contribution in [0.5, 0.6) is 5.75 Å². The van der Waals surface area contributed by atoms with E-state index in [0.717, 1.165) is 31.0 Å². The van der Waals surface area contributed by atoms with Crippen molar-refractivity contribution in [3.05, 3.63) is 53.9 Å². The van der Waals surface area contributed by atoms with Crippen LogP contribution in [0.15, 0.2) is 42.6 Å². The highest BCUT2D eigenvalue weighted by Gasteiger charge is 2.20. The summed E-state index contributed by atoms with van der Waals surface area (Å²) in [5.74, 6) is 1.01. The van der Waals surface area contributed by atoms with Gasteiger partial charge in [-0.3, -0.25) is 4.79 Å². The zero-order valence-electron chi connectivity index (χ0n) is 16.4. The van der Waals surface area contributed by atoms with Crippen molar-refractivity contribution in [1.82, 2.24) is 14.8 Å². The smallest absolute Gasteiger partial charge is 0.237 e. The van der Waals surface area contributed by atoms with Gasteiger partial charge >= 0.3 is 0 Å². The van der Waals surface area contributed by atoms with E-state index in [-0.39, 0.29) is 11.9 Å². The minimum Gasteiger partial charge on any atom is -0.497 e. The zero-order valence-corrected chi connectivity index (χ0v) is 16.4. The first kappa shape index (κ1) is 20.0. The number of hydrogen-bond acceptors (Lipinski definition) is 3. The summed E-state index contributed by atoms with van der Waals surface area (Å²) in [6.07, 6.45) is 3.01. The minimum atomic E-state index is 0.148. The molecule has 0 radical (unpaired) electrons. The Balaban J connectivity index is 2.14. The Hall–Kier alpha value is -2.27. The van der Waals surface area contributed by atoms with Crippen molar-refractivity contribution in [1.29, 1.82) is 0 Å². The van der Waals surface area contributed by atoms with Crippen molar-refractivity contribution in [2.75, 3.05) is 20.2 Å². The van der Waals surface area contributed by atoms with E-state index in [2.05, 4.69) is 42.1 Å². The average Bonchev–Trinajstić information content (AvgIpc) is 3.10. The van der Waals surface area contributed by atoms with E-state index in [1.54, 1.807) is 7.11 Å². The SMILES string of the molecule is CCNCC(=O)N(Cc1cccn1Cc1cccc(OC)c1)C(C)CC. The van der Waals surface area contributed by atoms with Crippen LogP contribution in [0, 0.1) is 0 Å². The van der Waals surface area contributed by atoms with Crippen molar-refractivity contribution in [2.45, 2.75) is 46.3 Å². The normalized spacial score (nSPS) is 12.0. The molecule has 26 heavy (non-hydrogen) atoms. The Morgan fingerprint density at radius 1 is 1.27 bits per heavy atom. The maximum absolute atomic E-state index is 12.6. The van der Waals surface area contributed by atoms with Gasteiger partial charge < -0.3 is 19.5 Å². The van der Waals surface area contributed by atoms with Gasteiger partial charge in [-0.25, -0.2) is 0 Å². The van der Waals surface area contributed by atoms with Gasteiger partial charge in [0.15, 0.2) is 0 Å². The van der Waals surface area contributed by atoms with Gasteiger partial charge in [0.1, 0.15) is 5.75 Å². The molecule has 1 unspecified atom stereocenters. The van der Waals surface area contributed by atoms with Crippen LogP contribution in [-0.4, -0.2) is 41.6 Å². The number of rotatable bonds is 10. The summed E-state index contributed by atoms with van der Waals surface area (Å²) in [4.78, 5) is 14.6. The number of carbonyl (C=O) groups excluding carboxylic acids is 1. The van der Waals surface area contributed by atoms with E-state index >= 15 is 0 Å². The molecule has 2 aromatic rings. The second-order valence-corrected chi connectivity index (χ2v) is 6.54. The number of aromatic nitrogens is 1. The summed E-state index contributed by atoms with van der Waals surface area (Å²) in [5.41, 5.74) is 2.31. The molecule has 0 spiro atoms. The number of nitrogens with one attached hydrogen (secondary N) is 1. The van der Waals surface area contributed by atoms with Crippen molar-refractivity contribution in [2.24, 2.45) is 0 Å². The molecule has 1 atom stereocenters. The molecule has 1 amide bonds. The monoisotopic (exact) mass is 357 g/mol. The molecule has 1 heterocycles. The molecule has 142 valence electrons.